The molecule has 2 atom stereocenters. The summed E-state index contributed by atoms with van der Waals surface area (Å²) in [6, 6.07) is 0. The normalized spacial score (nSPS) is 34.2. The van der Waals surface area contributed by atoms with Crippen molar-refractivity contribution in [3.05, 3.63) is 11.6 Å². The lowest BCUT2D eigenvalue weighted by Crippen LogP contribution is -1.96. The van der Waals surface area contributed by atoms with Crippen molar-refractivity contribution in [1.82, 2.24) is 0 Å². The van der Waals surface area contributed by atoms with Gasteiger partial charge in [-0.1, -0.05) is 31.5 Å². The van der Waals surface area contributed by atoms with Crippen LogP contribution < -0.4 is 0 Å². The maximum absolute atomic E-state index is 10.8. The Hall–Kier alpha value is -0.0100. The van der Waals surface area contributed by atoms with Gasteiger partial charge in [-0.2, -0.15) is 0 Å². The van der Waals surface area contributed by atoms with E-state index in [9.17, 15) is 4.79 Å². The second-order valence-corrected chi connectivity index (χ2v) is 4.07. The third kappa shape index (κ3) is 1.45. The van der Waals surface area contributed by atoms with Crippen LogP contribution in [0.2, 0.25) is 0 Å². The number of rotatable bonds is 2. The third-order valence-corrected chi connectivity index (χ3v) is 2.82. The number of carbonyl (C=O) groups excluding carboxylic acids is 1. The van der Waals surface area contributed by atoms with E-state index in [1.165, 1.54) is 5.54 Å². The Labute approximate surface area is 76.4 Å². The van der Waals surface area contributed by atoms with Crippen molar-refractivity contribution in [3.8, 4) is 0 Å². The van der Waals surface area contributed by atoms with Crippen LogP contribution in [0.1, 0.15) is 13.8 Å². The van der Waals surface area contributed by atoms with Gasteiger partial charge in [0.2, 0.25) is 5.24 Å². The van der Waals surface area contributed by atoms with Crippen LogP contribution in [0.5, 0.6) is 0 Å². The standard InChI is InChI=1S/C8H10Cl2O/c1-8(2)5(3-4-9)6(8)7(10)11/h3-6H,1-2H3/b4-3-/t5-,6+/m0/s1. The molecule has 1 saturated carbocycles. The summed E-state index contributed by atoms with van der Waals surface area (Å²) in [5.41, 5.74) is 1.45. The van der Waals surface area contributed by atoms with E-state index in [-0.39, 0.29) is 22.5 Å². The molecule has 1 rings (SSSR count). The van der Waals surface area contributed by atoms with Gasteiger partial charge in [0.05, 0.1) is 0 Å². The van der Waals surface area contributed by atoms with Gasteiger partial charge in [-0.15, -0.1) is 0 Å². The van der Waals surface area contributed by atoms with E-state index in [0.29, 0.717) is 0 Å². The van der Waals surface area contributed by atoms with Gasteiger partial charge in [-0.3, -0.25) is 4.79 Å². The molecule has 1 aliphatic rings. The number of carbonyl (C=O) groups is 1. The highest BCUT2D eigenvalue weighted by molar-refractivity contribution is 6.64. The van der Waals surface area contributed by atoms with Crippen LogP contribution in [0.25, 0.3) is 0 Å². The van der Waals surface area contributed by atoms with Crippen LogP contribution in [0.3, 0.4) is 0 Å². The van der Waals surface area contributed by atoms with Gasteiger partial charge < -0.3 is 0 Å². The lowest BCUT2D eigenvalue weighted by molar-refractivity contribution is -0.113. The molecule has 0 aliphatic heterocycles. The van der Waals surface area contributed by atoms with Crippen LogP contribution in [-0.4, -0.2) is 5.24 Å². The first-order chi connectivity index (χ1) is 5.01. The zero-order valence-electron chi connectivity index (χ0n) is 6.47. The fourth-order valence-corrected chi connectivity index (χ4v) is 2.12. The van der Waals surface area contributed by atoms with Crippen molar-refractivity contribution in [2.75, 3.05) is 0 Å². The molecular weight excluding hydrogens is 183 g/mol. The third-order valence-electron chi connectivity index (χ3n) is 2.44. The van der Waals surface area contributed by atoms with Crippen LogP contribution in [0.15, 0.2) is 11.6 Å². The van der Waals surface area contributed by atoms with Crippen molar-refractivity contribution in [1.29, 1.82) is 0 Å². The minimum atomic E-state index is -0.255. The first-order valence-corrected chi connectivity index (χ1v) is 4.29. The Bertz CT molecular complexity index is 208. The first-order valence-electron chi connectivity index (χ1n) is 3.48. The van der Waals surface area contributed by atoms with Crippen molar-refractivity contribution in [2.45, 2.75) is 13.8 Å². The zero-order chi connectivity index (χ0) is 8.65. The van der Waals surface area contributed by atoms with Gasteiger partial charge in [0.15, 0.2) is 0 Å². The number of halogens is 2. The average Bonchev–Trinajstić information content (AvgIpc) is 2.35. The summed E-state index contributed by atoms with van der Waals surface area (Å²) < 4.78 is 0. The lowest BCUT2D eigenvalue weighted by atomic mass is 10.1. The van der Waals surface area contributed by atoms with E-state index < -0.39 is 0 Å². The highest BCUT2D eigenvalue weighted by atomic mass is 35.5. The number of allylic oxidation sites excluding steroid dienone is 1. The molecule has 3 heteroatoms. The predicted octanol–water partition coefficient (Wildman–Crippen LogP) is 2.78. The second kappa shape index (κ2) is 2.80. The van der Waals surface area contributed by atoms with Gasteiger partial charge >= 0.3 is 0 Å². The molecule has 0 aromatic carbocycles. The SMILES string of the molecule is CC1(C)[C@@H](/C=C\Cl)[C@@H]1C(=O)Cl. The van der Waals surface area contributed by atoms with E-state index in [1.54, 1.807) is 0 Å². The largest absolute Gasteiger partial charge is 0.281 e. The Morgan fingerprint density at radius 1 is 1.55 bits per heavy atom. The van der Waals surface area contributed by atoms with Crippen LogP contribution in [-0.2, 0) is 4.79 Å². The summed E-state index contributed by atoms with van der Waals surface area (Å²) in [5.74, 6) is 0.184. The Kier molecular flexibility index (Phi) is 2.31. The van der Waals surface area contributed by atoms with E-state index in [0.717, 1.165) is 0 Å². The van der Waals surface area contributed by atoms with E-state index in [4.69, 9.17) is 23.2 Å². The van der Waals surface area contributed by atoms with Gasteiger partial charge in [-0.25, -0.2) is 0 Å². The van der Waals surface area contributed by atoms with Crippen molar-refractivity contribution >= 4 is 28.4 Å². The lowest BCUT2D eigenvalue weighted by Gasteiger charge is -1.95. The summed E-state index contributed by atoms with van der Waals surface area (Å²) in [4.78, 5) is 10.8. The molecule has 0 heterocycles. The minimum Gasteiger partial charge on any atom is -0.281 e. The molecule has 0 N–H and O–H groups in total. The maximum atomic E-state index is 10.8. The fraction of sp³-hybridized carbons (Fsp3) is 0.625. The van der Waals surface area contributed by atoms with E-state index >= 15 is 0 Å². The Morgan fingerprint density at radius 2 is 2.09 bits per heavy atom. The monoisotopic (exact) mass is 192 g/mol. The molecule has 0 aromatic heterocycles. The van der Waals surface area contributed by atoms with Crippen LogP contribution in [0.4, 0.5) is 0 Å². The minimum absolute atomic E-state index is 0.00419. The van der Waals surface area contributed by atoms with Gasteiger partial charge in [0, 0.05) is 11.5 Å². The van der Waals surface area contributed by atoms with Crippen LogP contribution >= 0.6 is 23.2 Å². The molecule has 1 aliphatic carbocycles. The predicted molar refractivity (Wildman–Crippen MR) is 46.6 cm³/mol. The summed E-state index contributed by atoms with van der Waals surface area (Å²) >= 11 is 10.8. The smallest absolute Gasteiger partial charge is 0.225 e. The summed E-state index contributed by atoms with van der Waals surface area (Å²) in [5, 5.41) is -0.255. The van der Waals surface area contributed by atoms with Gasteiger partial charge in [-0.05, 0) is 22.9 Å². The molecule has 11 heavy (non-hydrogen) atoms. The van der Waals surface area contributed by atoms with Crippen molar-refractivity contribution < 1.29 is 4.79 Å². The summed E-state index contributed by atoms with van der Waals surface area (Å²) in [6.45, 7) is 4.03. The molecule has 0 amide bonds. The Morgan fingerprint density at radius 3 is 2.36 bits per heavy atom. The molecular formula is C8H10Cl2O. The molecule has 0 unspecified atom stereocenters. The molecule has 0 saturated heterocycles. The number of hydrogen-bond acceptors (Lipinski definition) is 1. The highest BCUT2D eigenvalue weighted by Gasteiger charge is 2.59. The molecule has 1 fully saturated rings. The first kappa shape index (κ1) is 9.08. The van der Waals surface area contributed by atoms with Crippen molar-refractivity contribution in [3.63, 3.8) is 0 Å². The van der Waals surface area contributed by atoms with Gasteiger partial charge in [0.25, 0.3) is 0 Å². The molecule has 62 valence electrons. The Balaban J connectivity index is 2.68. The molecule has 0 spiro atoms. The van der Waals surface area contributed by atoms with Crippen LogP contribution in [0, 0.1) is 17.3 Å². The summed E-state index contributed by atoms with van der Waals surface area (Å²) in [6.07, 6.45) is 1.83. The molecule has 0 aromatic rings. The molecule has 0 bridgehead atoms. The van der Waals surface area contributed by atoms with E-state index in [1.807, 2.05) is 19.9 Å². The second-order valence-electron chi connectivity index (χ2n) is 3.45. The molecule has 1 nitrogen and oxygen atoms in total. The van der Waals surface area contributed by atoms with Gasteiger partial charge in [0.1, 0.15) is 0 Å². The fourth-order valence-electron chi connectivity index (χ4n) is 1.55. The average molecular weight is 193 g/mol. The molecule has 0 radical (unpaired) electrons. The summed E-state index contributed by atoms with van der Waals surface area (Å²) in [7, 11) is 0. The quantitative estimate of drug-likeness (QED) is 0.616. The highest BCUT2D eigenvalue weighted by Crippen LogP contribution is 2.59. The maximum Gasteiger partial charge on any atom is 0.225 e. The topological polar surface area (TPSA) is 17.1 Å². The zero-order valence-corrected chi connectivity index (χ0v) is 7.99. The van der Waals surface area contributed by atoms with Crippen molar-refractivity contribution in [2.24, 2.45) is 17.3 Å². The number of hydrogen-bond donors (Lipinski definition) is 0. The van der Waals surface area contributed by atoms with E-state index in [2.05, 4.69) is 0 Å².